The van der Waals surface area contributed by atoms with Crippen molar-refractivity contribution in [2.45, 2.75) is 18.8 Å². The van der Waals surface area contributed by atoms with Crippen LogP contribution in [0.25, 0.3) is 20.3 Å². The molecule has 5 rings (SSSR count). The third kappa shape index (κ3) is 7.37. The van der Waals surface area contributed by atoms with Gasteiger partial charge in [-0.2, -0.15) is 0 Å². The predicted octanol–water partition coefficient (Wildman–Crippen LogP) is 4.51. The van der Waals surface area contributed by atoms with Crippen LogP contribution in [0.1, 0.15) is 17.2 Å². The fourth-order valence-corrected chi connectivity index (χ4v) is 6.11. The molecule has 0 spiro atoms. The van der Waals surface area contributed by atoms with E-state index >= 15 is 0 Å². The lowest BCUT2D eigenvalue weighted by atomic mass is 10.0. The lowest BCUT2D eigenvalue weighted by Crippen LogP contribution is -2.40. The van der Waals surface area contributed by atoms with Gasteiger partial charge in [0.1, 0.15) is 51.1 Å². The zero-order chi connectivity index (χ0) is 30.7. The second-order valence-electron chi connectivity index (χ2n) is 9.76. The maximum atomic E-state index is 13.4. The van der Waals surface area contributed by atoms with E-state index in [9.17, 15) is 27.8 Å². The first-order chi connectivity index (χ1) is 20.5. The molecule has 2 heterocycles. The van der Waals surface area contributed by atoms with Crippen LogP contribution in [0, 0.1) is 5.82 Å². The van der Waals surface area contributed by atoms with E-state index in [0.29, 0.717) is 38.2 Å². The first-order valence-corrected chi connectivity index (χ1v) is 16.2. The molecule has 3 aromatic carbocycles. The number of nitrogens with zero attached hydrogens (tertiary/aromatic N) is 2. The van der Waals surface area contributed by atoms with E-state index in [-0.39, 0.29) is 24.7 Å². The number of carbonyl (C=O) groups excluding carboxylic acids is 1. The molecular weight excluding hydrogens is 619 g/mol. The Kier molecular flexibility index (Phi) is 9.08. The van der Waals surface area contributed by atoms with Gasteiger partial charge in [0.05, 0.1) is 16.2 Å². The van der Waals surface area contributed by atoms with Gasteiger partial charge in [0, 0.05) is 28.6 Å². The Morgan fingerprint density at radius 1 is 1.12 bits per heavy atom. The molecule has 5 aromatic rings. The summed E-state index contributed by atoms with van der Waals surface area (Å²) in [6.45, 7) is -0.0274. The lowest BCUT2D eigenvalue weighted by molar-refractivity contribution is -0.135. The predicted molar refractivity (Wildman–Crippen MR) is 164 cm³/mol. The Morgan fingerprint density at radius 3 is 2.67 bits per heavy atom. The Bertz CT molecular complexity index is 1920. The molecule has 0 bridgehead atoms. The van der Waals surface area contributed by atoms with Gasteiger partial charge in [-0.05, 0) is 47.5 Å². The number of carbonyl (C=O) groups is 1. The number of fused-ring (bicyclic) bond motifs is 3. The molecule has 0 saturated carbocycles. The molecule has 2 unspecified atom stereocenters. The average molecular weight is 645 g/mol. The highest BCUT2D eigenvalue weighted by Crippen LogP contribution is 2.39. The summed E-state index contributed by atoms with van der Waals surface area (Å²) in [6, 6.07) is 16.3. The number of thiophene rings is 1. The van der Waals surface area contributed by atoms with E-state index in [1.165, 1.54) is 29.8 Å². The highest BCUT2D eigenvalue weighted by molar-refractivity contribution is 7.90. The maximum absolute atomic E-state index is 13.4. The highest BCUT2D eigenvalue weighted by Gasteiger charge is 2.26. The number of rotatable bonds is 11. The minimum atomic E-state index is -3.29. The van der Waals surface area contributed by atoms with Gasteiger partial charge in [0.15, 0.2) is 6.10 Å². The number of sulfone groups is 1. The molecule has 1 amide bonds. The number of aliphatic hydroxyl groups excluding tert-OH is 2. The van der Waals surface area contributed by atoms with Crippen molar-refractivity contribution in [3.05, 3.63) is 89.0 Å². The quantitative estimate of drug-likeness (QED) is 0.163. The summed E-state index contributed by atoms with van der Waals surface area (Å²) in [5, 5.41) is 28.5. The van der Waals surface area contributed by atoms with Crippen LogP contribution in [-0.4, -0.2) is 59.2 Å². The van der Waals surface area contributed by atoms with Crippen molar-refractivity contribution >= 4 is 70.5 Å². The van der Waals surface area contributed by atoms with Crippen molar-refractivity contribution in [3.63, 3.8) is 0 Å². The van der Waals surface area contributed by atoms with Crippen molar-refractivity contribution in [2.75, 3.05) is 23.9 Å². The molecule has 0 aliphatic carbocycles. The number of hydrogen-bond donors (Lipinski definition) is 4. The number of hydrogen-bond acceptors (Lipinski definition) is 10. The number of aliphatic hydroxyl groups is 2. The van der Waals surface area contributed by atoms with Gasteiger partial charge in [0.25, 0.3) is 5.91 Å². The summed E-state index contributed by atoms with van der Waals surface area (Å²) in [7, 11) is -3.29. The van der Waals surface area contributed by atoms with Gasteiger partial charge in [-0.3, -0.25) is 4.79 Å². The molecule has 4 N–H and O–H groups in total. The summed E-state index contributed by atoms with van der Waals surface area (Å²) in [6.07, 6.45) is -0.887. The largest absolute Gasteiger partial charge is 0.487 e. The minimum Gasteiger partial charge on any atom is -0.487 e. The van der Waals surface area contributed by atoms with Crippen LogP contribution in [0.4, 0.5) is 15.9 Å². The number of ether oxygens (including phenoxy) is 1. The zero-order valence-electron chi connectivity index (χ0n) is 22.6. The molecule has 0 aliphatic rings. The molecule has 14 heteroatoms. The number of halogens is 2. The number of nitrogens with one attached hydrogen (secondary N) is 2. The molecule has 10 nitrogen and oxygen atoms in total. The smallest absolute Gasteiger partial charge is 0.251 e. The molecule has 0 saturated heterocycles. The number of benzene rings is 3. The van der Waals surface area contributed by atoms with Crippen LogP contribution in [-0.2, 0) is 21.2 Å². The molecular formula is C29H26ClFN4O6S2. The number of amides is 1. The first-order valence-electron chi connectivity index (χ1n) is 12.9. The fraction of sp³-hybridized carbons (Fsp3) is 0.207. The summed E-state index contributed by atoms with van der Waals surface area (Å²) < 4.78 is 42.5. The van der Waals surface area contributed by atoms with Gasteiger partial charge in [-0.1, -0.05) is 35.9 Å². The molecule has 43 heavy (non-hydrogen) atoms. The number of anilines is 2. The van der Waals surface area contributed by atoms with Crippen molar-refractivity contribution in [1.29, 1.82) is 0 Å². The van der Waals surface area contributed by atoms with Gasteiger partial charge >= 0.3 is 0 Å². The Balaban J connectivity index is 1.32. The monoisotopic (exact) mass is 644 g/mol. The second-order valence-corrected chi connectivity index (χ2v) is 13.5. The summed E-state index contributed by atoms with van der Waals surface area (Å²) in [5.41, 5.74) is 1.61. The van der Waals surface area contributed by atoms with Crippen LogP contribution in [0.2, 0.25) is 5.02 Å². The lowest BCUT2D eigenvalue weighted by Gasteiger charge is -2.18. The van der Waals surface area contributed by atoms with Crippen molar-refractivity contribution in [3.8, 4) is 5.75 Å². The van der Waals surface area contributed by atoms with Crippen LogP contribution < -0.4 is 15.4 Å². The summed E-state index contributed by atoms with van der Waals surface area (Å²) in [5.74, 6) is -0.566. The molecule has 2 atom stereocenters. The van der Waals surface area contributed by atoms with Gasteiger partial charge in [-0.15, -0.1) is 11.3 Å². The Labute approximate surface area is 255 Å². The second kappa shape index (κ2) is 12.8. The van der Waals surface area contributed by atoms with Crippen LogP contribution in [0.15, 0.2) is 67.0 Å². The average Bonchev–Trinajstić information content (AvgIpc) is 3.34. The molecule has 224 valence electrons. The van der Waals surface area contributed by atoms with E-state index in [0.717, 1.165) is 21.7 Å². The van der Waals surface area contributed by atoms with E-state index in [1.807, 2.05) is 0 Å². The molecule has 0 aliphatic heterocycles. The van der Waals surface area contributed by atoms with Crippen molar-refractivity contribution in [2.24, 2.45) is 0 Å². The molecule has 2 aromatic heterocycles. The highest BCUT2D eigenvalue weighted by atomic mass is 35.5. The molecule has 0 fully saturated rings. The first kappa shape index (κ1) is 30.6. The topological polar surface area (TPSA) is 151 Å². The number of aromatic nitrogens is 2. The van der Waals surface area contributed by atoms with E-state index < -0.39 is 28.0 Å². The van der Waals surface area contributed by atoms with Gasteiger partial charge < -0.3 is 25.6 Å². The SMILES string of the molecule is CS(=O)(=O)CCNC(=O)C(O)C(O)c1ccc2c(c1)sc1ncnc(Nc3ccc(OCc4cccc(F)c4)c(Cl)c3)c12. The third-order valence-corrected chi connectivity index (χ3v) is 8.76. The zero-order valence-corrected chi connectivity index (χ0v) is 25.0. The summed E-state index contributed by atoms with van der Waals surface area (Å²) in [4.78, 5) is 21.7. The maximum Gasteiger partial charge on any atom is 0.251 e. The van der Waals surface area contributed by atoms with E-state index in [2.05, 4.69) is 20.6 Å². The standard InChI is InChI=1S/C29H26ClFN4O6S2/c1-43(39,40)10-9-32-28(38)26(37)25(36)17-5-7-20-23(12-17)42-29-24(20)27(33-15-34-29)35-19-6-8-22(21(30)13-19)41-14-16-3-2-4-18(31)11-16/h2-8,11-13,15,25-26,36-37H,9-10,14H2,1H3,(H,32,38)(H,33,34,35). The van der Waals surface area contributed by atoms with Crippen LogP contribution >= 0.6 is 22.9 Å². The van der Waals surface area contributed by atoms with Crippen molar-refractivity contribution in [1.82, 2.24) is 15.3 Å². The van der Waals surface area contributed by atoms with E-state index in [1.54, 1.807) is 48.5 Å². The summed E-state index contributed by atoms with van der Waals surface area (Å²) >= 11 is 7.80. The van der Waals surface area contributed by atoms with E-state index in [4.69, 9.17) is 16.3 Å². The molecule has 0 radical (unpaired) electrons. The third-order valence-electron chi connectivity index (χ3n) is 6.45. The van der Waals surface area contributed by atoms with Gasteiger partial charge in [-0.25, -0.2) is 22.8 Å². The Morgan fingerprint density at radius 2 is 1.93 bits per heavy atom. The van der Waals surface area contributed by atoms with Crippen molar-refractivity contribution < 1.29 is 32.6 Å². The van der Waals surface area contributed by atoms with Crippen LogP contribution in [0.5, 0.6) is 5.75 Å². The Hall–Kier alpha value is -3.88. The fourth-order valence-electron chi connectivity index (χ4n) is 4.31. The minimum absolute atomic E-state index is 0.152. The van der Waals surface area contributed by atoms with Gasteiger partial charge in [0.2, 0.25) is 0 Å². The normalized spacial score (nSPS) is 13.1. The van der Waals surface area contributed by atoms with Crippen LogP contribution in [0.3, 0.4) is 0 Å².